The zero-order valence-electron chi connectivity index (χ0n) is 25.5. The number of hydrogen-bond acceptors (Lipinski definition) is 9. The molecule has 45 heavy (non-hydrogen) atoms. The largest absolute Gasteiger partial charge is 0.497 e. The zero-order valence-corrected chi connectivity index (χ0v) is 25.5. The minimum absolute atomic E-state index is 0.0338. The standard InChI is InChI=1S/C29H31F3N6O5.C2H4/c1-17-24(18-5-7-19(41-2)8-6-18)35-26-21(15-33-38(26)25(17)29(30,31)32)28(40)37-13-11-36(12-14-37)22(16-39)20-9-10-23(42-3)34-27(20)43-4;1-2/h5-10,15,22,39H,11-14,16H2,1-4H3;1-2H2/t22-;/m1./s1. The number of rotatable bonds is 8. The third-order valence-corrected chi connectivity index (χ3v) is 7.59. The van der Waals surface area contributed by atoms with Gasteiger partial charge in [-0.05, 0) is 37.3 Å². The number of nitrogens with zero attached hydrogens (tertiary/aromatic N) is 6. The van der Waals surface area contributed by atoms with Gasteiger partial charge in [0.15, 0.2) is 11.3 Å². The molecule has 240 valence electrons. The number of alkyl halides is 3. The van der Waals surface area contributed by atoms with Gasteiger partial charge in [-0.1, -0.05) is 0 Å². The molecule has 0 spiro atoms. The number of aliphatic hydroxyl groups excluding tert-OH is 1. The fraction of sp³-hybridized carbons (Fsp3) is 0.355. The third kappa shape index (κ3) is 6.56. The molecule has 4 heterocycles. The van der Waals surface area contributed by atoms with E-state index in [2.05, 4.69) is 28.2 Å². The fourth-order valence-electron chi connectivity index (χ4n) is 5.37. The van der Waals surface area contributed by atoms with Crippen LogP contribution in [-0.2, 0) is 6.18 Å². The number of benzene rings is 1. The lowest BCUT2D eigenvalue weighted by molar-refractivity contribution is -0.143. The molecule has 0 saturated carbocycles. The summed E-state index contributed by atoms with van der Waals surface area (Å²) in [4.78, 5) is 26.0. The van der Waals surface area contributed by atoms with Crippen molar-refractivity contribution in [3.63, 3.8) is 0 Å². The normalized spacial score (nSPS) is 14.4. The predicted molar refractivity (Wildman–Crippen MR) is 161 cm³/mol. The third-order valence-electron chi connectivity index (χ3n) is 7.59. The summed E-state index contributed by atoms with van der Waals surface area (Å²) in [5.74, 6) is 0.749. The van der Waals surface area contributed by atoms with Gasteiger partial charge in [0.2, 0.25) is 11.8 Å². The molecule has 0 aliphatic carbocycles. The highest BCUT2D eigenvalue weighted by molar-refractivity contribution is 6.00. The number of amides is 1. The lowest BCUT2D eigenvalue weighted by Crippen LogP contribution is -2.50. The molecule has 11 nitrogen and oxygen atoms in total. The van der Waals surface area contributed by atoms with Gasteiger partial charge in [0.05, 0.1) is 45.9 Å². The monoisotopic (exact) mass is 628 g/mol. The van der Waals surface area contributed by atoms with Gasteiger partial charge in [0.1, 0.15) is 11.3 Å². The molecule has 14 heteroatoms. The predicted octanol–water partition coefficient (Wildman–Crippen LogP) is 4.44. The number of methoxy groups -OCH3 is 3. The van der Waals surface area contributed by atoms with E-state index >= 15 is 0 Å². The summed E-state index contributed by atoms with van der Waals surface area (Å²) >= 11 is 0. The zero-order chi connectivity index (χ0) is 32.9. The summed E-state index contributed by atoms with van der Waals surface area (Å²) in [5, 5.41) is 14.2. The van der Waals surface area contributed by atoms with Crippen LogP contribution in [0.5, 0.6) is 17.5 Å². The van der Waals surface area contributed by atoms with Gasteiger partial charge in [-0.2, -0.15) is 23.3 Å². The molecule has 1 N–H and O–H groups in total. The number of aromatic nitrogens is 4. The Kier molecular flexibility index (Phi) is 10.3. The summed E-state index contributed by atoms with van der Waals surface area (Å²) in [6.45, 7) is 8.43. The van der Waals surface area contributed by atoms with E-state index in [0.717, 1.165) is 6.20 Å². The Labute approximate surface area is 258 Å². The van der Waals surface area contributed by atoms with Crippen molar-refractivity contribution in [3.8, 4) is 28.8 Å². The van der Waals surface area contributed by atoms with Crippen molar-refractivity contribution in [3.05, 3.63) is 78.1 Å². The van der Waals surface area contributed by atoms with E-state index in [1.807, 2.05) is 4.90 Å². The van der Waals surface area contributed by atoms with Gasteiger partial charge < -0.3 is 24.2 Å². The van der Waals surface area contributed by atoms with Crippen LogP contribution in [0.15, 0.2) is 55.8 Å². The molecule has 0 radical (unpaired) electrons. The Bertz CT molecular complexity index is 1640. The molecular formula is C31H35F3N6O5. The van der Waals surface area contributed by atoms with E-state index < -0.39 is 23.8 Å². The van der Waals surface area contributed by atoms with Crippen molar-refractivity contribution in [1.29, 1.82) is 0 Å². The van der Waals surface area contributed by atoms with Crippen molar-refractivity contribution in [1.82, 2.24) is 29.4 Å². The maximum absolute atomic E-state index is 14.3. The molecule has 0 bridgehead atoms. The van der Waals surface area contributed by atoms with Crippen molar-refractivity contribution in [2.45, 2.75) is 19.1 Å². The Hall–Kier alpha value is -4.69. The highest BCUT2D eigenvalue weighted by Gasteiger charge is 2.39. The molecule has 1 saturated heterocycles. The van der Waals surface area contributed by atoms with Crippen LogP contribution in [0.1, 0.15) is 33.2 Å². The van der Waals surface area contributed by atoms with Gasteiger partial charge in [0, 0.05) is 48.9 Å². The van der Waals surface area contributed by atoms with Crippen LogP contribution < -0.4 is 14.2 Å². The lowest BCUT2D eigenvalue weighted by atomic mass is 10.0. The quantitative estimate of drug-likeness (QED) is 0.283. The summed E-state index contributed by atoms with van der Waals surface area (Å²) < 4.78 is 59.3. The molecule has 1 atom stereocenters. The van der Waals surface area contributed by atoms with Gasteiger partial charge in [-0.15, -0.1) is 13.2 Å². The van der Waals surface area contributed by atoms with E-state index in [1.54, 1.807) is 41.3 Å². The minimum atomic E-state index is -4.75. The van der Waals surface area contributed by atoms with E-state index in [-0.39, 0.29) is 42.2 Å². The summed E-state index contributed by atoms with van der Waals surface area (Å²) in [7, 11) is 4.46. The molecular weight excluding hydrogens is 593 g/mol. The van der Waals surface area contributed by atoms with Gasteiger partial charge in [-0.25, -0.2) is 9.50 Å². The van der Waals surface area contributed by atoms with Crippen LogP contribution in [0.3, 0.4) is 0 Å². The first-order valence-corrected chi connectivity index (χ1v) is 13.9. The van der Waals surface area contributed by atoms with Crippen LogP contribution in [-0.4, -0.2) is 94.5 Å². The van der Waals surface area contributed by atoms with Crippen LogP contribution >= 0.6 is 0 Å². The van der Waals surface area contributed by atoms with Crippen LogP contribution in [0, 0.1) is 6.92 Å². The van der Waals surface area contributed by atoms with Gasteiger partial charge in [0.25, 0.3) is 5.91 Å². The van der Waals surface area contributed by atoms with Crippen molar-refractivity contribution in [2.24, 2.45) is 0 Å². The van der Waals surface area contributed by atoms with Crippen molar-refractivity contribution >= 4 is 11.6 Å². The number of piperazine rings is 1. The number of fused-ring (bicyclic) bond motifs is 1. The molecule has 5 rings (SSSR count). The van der Waals surface area contributed by atoms with E-state index in [9.17, 15) is 23.1 Å². The number of carbonyl (C=O) groups excluding carboxylic acids is 1. The molecule has 1 aliphatic rings. The second kappa shape index (κ2) is 13.9. The maximum Gasteiger partial charge on any atom is 0.433 e. The van der Waals surface area contributed by atoms with Gasteiger partial charge in [-0.3, -0.25) is 9.69 Å². The summed E-state index contributed by atoms with van der Waals surface area (Å²) in [5.41, 5.74) is -0.127. The number of ether oxygens (including phenoxy) is 3. The molecule has 4 aromatic rings. The molecule has 1 fully saturated rings. The fourth-order valence-corrected chi connectivity index (χ4v) is 5.37. The average Bonchev–Trinajstić information content (AvgIpc) is 3.48. The van der Waals surface area contributed by atoms with Crippen LogP contribution in [0.2, 0.25) is 0 Å². The Morgan fingerprint density at radius 2 is 1.64 bits per heavy atom. The SMILES string of the molecule is C=C.COc1ccc(-c2nc3c(C(=O)N4CCN([C@H](CO)c5ccc(OC)nc5OC)CC4)cnn3c(C(F)(F)F)c2C)cc1. The maximum atomic E-state index is 14.3. The average molecular weight is 629 g/mol. The van der Waals surface area contributed by atoms with Crippen LogP contribution in [0.4, 0.5) is 13.2 Å². The first-order chi connectivity index (χ1) is 21.6. The second-order valence-electron chi connectivity index (χ2n) is 9.93. The molecule has 3 aromatic heterocycles. The highest BCUT2D eigenvalue weighted by atomic mass is 19.4. The van der Waals surface area contributed by atoms with Gasteiger partial charge >= 0.3 is 6.18 Å². The first kappa shape index (κ1) is 33.2. The first-order valence-electron chi connectivity index (χ1n) is 13.9. The topological polar surface area (TPSA) is 115 Å². The highest BCUT2D eigenvalue weighted by Crippen LogP contribution is 2.37. The number of halogens is 3. The van der Waals surface area contributed by atoms with E-state index in [0.29, 0.717) is 46.2 Å². The number of hydrogen-bond donors (Lipinski definition) is 1. The van der Waals surface area contributed by atoms with Crippen molar-refractivity contribution < 1.29 is 37.3 Å². The minimum Gasteiger partial charge on any atom is -0.497 e. The van der Waals surface area contributed by atoms with Crippen molar-refractivity contribution in [2.75, 3.05) is 54.1 Å². The Morgan fingerprint density at radius 3 is 2.20 bits per heavy atom. The molecule has 1 aromatic carbocycles. The molecule has 1 amide bonds. The smallest absolute Gasteiger partial charge is 0.433 e. The molecule has 1 aliphatic heterocycles. The summed E-state index contributed by atoms with van der Waals surface area (Å²) in [6.07, 6.45) is -3.62. The summed E-state index contributed by atoms with van der Waals surface area (Å²) in [6, 6.07) is 9.50. The number of aliphatic hydroxyl groups is 1. The number of pyridine rings is 1. The Morgan fingerprint density at radius 1 is 0.978 bits per heavy atom. The lowest BCUT2D eigenvalue weighted by Gasteiger charge is -2.38. The van der Waals surface area contributed by atoms with E-state index in [4.69, 9.17) is 14.2 Å². The molecule has 0 unspecified atom stereocenters. The second-order valence-corrected chi connectivity index (χ2v) is 9.93. The van der Waals surface area contributed by atoms with E-state index in [1.165, 1.54) is 28.3 Å². The van der Waals surface area contributed by atoms with Crippen LogP contribution in [0.25, 0.3) is 16.9 Å². The number of carbonyl (C=O) groups is 1. The Balaban J connectivity index is 0.00000226.